The van der Waals surface area contributed by atoms with Gasteiger partial charge in [0.2, 0.25) is 5.91 Å². The van der Waals surface area contributed by atoms with Crippen molar-refractivity contribution in [3.8, 4) is 0 Å². The number of nitrogens with one attached hydrogen (secondary N) is 2. The smallest absolute Gasteiger partial charge is 0.253 e. The second kappa shape index (κ2) is 10.1. The minimum atomic E-state index is -0.199. The van der Waals surface area contributed by atoms with Gasteiger partial charge in [0.05, 0.1) is 5.56 Å². The lowest BCUT2D eigenvalue weighted by atomic mass is 9.68. The van der Waals surface area contributed by atoms with Crippen molar-refractivity contribution in [3.05, 3.63) is 58.7 Å². The Kier molecular flexibility index (Phi) is 8.02. The Labute approximate surface area is 182 Å². The first kappa shape index (κ1) is 23.1. The Bertz CT molecular complexity index is 850. The summed E-state index contributed by atoms with van der Waals surface area (Å²) in [4.78, 5) is 27.7. The van der Waals surface area contributed by atoms with E-state index in [0.717, 1.165) is 30.7 Å². The summed E-state index contributed by atoms with van der Waals surface area (Å²) in [5.41, 5.74) is 7.69. The van der Waals surface area contributed by atoms with E-state index in [9.17, 15) is 9.59 Å². The van der Waals surface area contributed by atoms with E-state index in [-0.39, 0.29) is 35.7 Å². The third-order valence-corrected chi connectivity index (χ3v) is 5.67. The van der Waals surface area contributed by atoms with Crippen LogP contribution in [0.3, 0.4) is 0 Å². The van der Waals surface area contributed by atoms with Crippen LogP contribution >= 0.6 is 24.0 Å². The van der Waals surface area contributed by atoms with E-state index in [4.69, 9.17) is 17.3 Å². The first-order chi connectivity index (χ1) is 13.4. The van der Waals surface area contributed by atoms with Crippen LogP contribution in [0.5, 0.6) is 0 Å². The molecule has 1 aromatic heterocycles. The molecule has 0 spiro atoms. The van der Waals surface area contributed by atoms with Crippen molar-refractivity contribution in [1.82, 2.24) is 10.3 Å². The number of amides is 2. The molecule has 2 aromatic rings. The zero-order valence-electron chi connectivity index (χ0n) is 16.3. The molecule has 0 aliphatic heterocycles. The minimum absolute atomic E-state index is 0. The van der Waals surface area contributed by atoms with Gasteiger partial charge in [-0.1, -0.05) is 23.7 Å². The Hall–Kier alpha value is -2.15. The average molecular weight is 437 g/mol. The summed E-state index contributed by atoms with van der Waals surface area (Å²) < 4.78 is 0. The van der Waals surface area contributed by atoms with Gasteiger partial charge in [0, 0.05) is 36.1 Å². The second-order valence-electron chi connectivity index (χ2n) is 7.36. The Morgan fingerprint density at radius 1 is 1.24 bits per heavy atom. The van der Waals surface area contributed by atoms with E-state index in [2.05, 4.69) is 21.7 Å². The quantitative estimate of drug-likeness (QED) is 0.665. The molecule has 0 bridgehead atoms. The van der Waals surface area contributed by atoms with Crippen molar-refractivity contribution < 1.29 is 9.59 Å². The molecule has 1 fully saturated rings. The highest BCUT2D eigenvalue weighted by Crippen LogP contribution is 2.39. The van der Waals surface area contributed by atoms with Crippen molar-refractivity contribution in [2.75, 3.05) is 11.9 Å². The zero-order chi connectivity index (χ0) is 20.1. The van der Waals surface area contributed by atoms with Crippen molar-refractivity contribution >= 4 is 41.6 Å². The van der Waals surface area contributed by atoms with E-state index in [0.29, 0.717) is 17.9 Å². The molecule has 1 aliphatic rings. The van der Waals surface area contributed by atoms with Crippen LogP contribution in [0.15, 0.2) is 42.6 Å². The molecule has 6 nitrogen and oxygen atoms in total. The van der Waals surface area contributed by atoms with Gasteiger partial charge in [0.25, 0.3) is 5.91 Å². The van der Waals surface area contributed by atoms with Gasteiger partial charge in [-0.2, -0.15) is 0 Å². The van der Waals surface area contributed by atoms with Crippen molar-refractivity contribution in [2.45, 2.75) is 44.1 Å². The molecule has 29 heavy (non-hydrogen) atoms. The summed E-state index contributed by atoms with van der Waals surface area (Å²) in [6, 6.07) is 11.3. The molecule has 4 N–H and O–H groups in total. The number of hydrogen-bond acceptors (Lipinski definition) is 4. The second-order valence-corrected chi connectivity index (χ2v) is 7.79. The highest BCUT2D eigenvalue weighted by Gasteiger charge is 2.36. The first-order valence-electron chi connectivity index (χ1n) is 9.42. The summed E-state index contributed by atoms with van der Waals surface area (Å²) >= 11 is 6.16. The topological polar surface area (TPSA) is 97.1 Å². The Balaban J connectivity index is 0.00000300. The number of pyridine rings is 1. The normalized spacial score (nSPS) is 21.0. The number of nitrogens with two attached hydrogens (primary N) is 1. The number of rotatable bonds is 5. The highest BCUT2D eigenvalue weighted by atomic mass is 35.5. The number of hydrogen-bond donors (Lipinski definition) is 3. The van der Waals surface area contributed by atoms with Gasteiger partial charge in [-0.15, -0.1) is 12.4 Å². The van der Waals surface area contributed by atoms with Crippen molar-refractivity contribution in [1.29, 1.82) is 0 Å². The molecule has 1 heterocycles. The number of benzene rings is 1. The van der Waals surface area contributed by atoms with Crippen LogP contribution in [0.2, 0.25) is 5.02 Å². The van der Waals surface area contributed by atoms with E-state index in [1.54, 1.807) is 12.1 Å². The summed E-state index contributed by atoms with van der Waals surface area (Å²) in [6.45, 7) is 1.97. The molecule has 1 saturated carbocycles. The third kappa shape index (κ3) is 5.69. The molecule has 0 unspecified atom stereocenters. The largest absolute Gasteiger partial charge is 0.349 e. The van der Waals surface area contributed by atoms with Crippen LogP contribution in [0.1, 0.15) is 48.5 Å². The van der Waals surface area contributed by atoms with Gasteiger partial charge < -0.3 is 16.4 Å². The standard InChI is InChI=1S/C21H25ClN4O2.ClH/c1-14(27)25-19-6-5-15(12-24-19)20(28)26-18-7-9-21(13-23,10-8-18)16-3-2-4-17(22)11-16;/h2-6,11-12,18H,7-10,13,23H2,1H3,(H,26,28)(H,24,25,27);1H/t18-,21+;. The summed E-state index contributed by atoms with van der Waals surface area (Å²) in [6.07, 6.45) is 4.97. The van der Waals surface area contributed by atoms with E-state index < -0.39 is 0 Å². The fraction of sp³-hybridized carbons (Fsp3) is 0.381. The predicted molar refractivity (Wildman–Crippen MR) is 118 cm³/mol. The van der Waals surface area contributed by atoms with Crippen LogP contribution in [0.4, 0.5) is 5.82 Å². The van der Waals surface area contributed by atoms with Crippen LogP contribution in [0.25, 0.3) is 0 Å². The van der Waals surface area contributed by atoms with E-state index in [1.807, 2.05) is 18.2 Å². The average Bonchev–Trinajstić information content (AvgIpc) is 2.69. The third-order valence-electron chi connectivity index (χ3n) is 5.44. The molecular weight excluding hydrogens is 411 g/mol. The molecular formula is C21H26Cl2N4O2. The van der Waals surface area contributed by atoms with Crippen LogP contribution < -0.4 is 16.4 Å². The monoisotopic (exact) mass is 436 g/mol. The van der Waals surface area contributed by atoms with Crippen LogP contribution in [0, 0.1) is 0 Å². The van der Waals surface area contributed by atoms with E-state index in [1.165, 1.54) is 18.7 Å². The lowest BCUT2D eigenvalue weighted by Gasteiger charge is -2.40. The van der Waals surface area contributed by atoms with Gasteiger partial charge in [-0.05, 0) is 55.5 Å². The number of anilines is 1. The Morgan fingerprint density at radius 3 is 2.52 bits per heavy atom. The number of aromatic nitrogens is 1. The summed E-state index contributed by atoms with van der Waals surface area (Å²) in [5, 5.41) is 6.39. The van der Waals surface area contributed by atoms with Gasteiger partial charge in [-0.3, -0.25) is 9.59 Å². The lowest BCUT2D eigenvalue weighted by molar-refractivity contribution is -0.114. The van der Waals surface area contributed by atoms with E-state index >= 15 is 0 Å². The molecule has 0 radical (unpaired) electrons. The summed E-state index contributed by atoms with van der Waals surface area (Å²) in [5.74, 6) is 0.0702. The molecule has 1 aromatic carbocycles. The number of carbonyl (C=O) groups excluding carboxylic acids is 2. The fourth-order valence-electron chi connectivity index (χ4n) is 3.79. The fourth-order valence-corrected chi connectivity index (χ4v) is 3.99. The molecule has 3 rings (SSSR count). The van der Waals surface area contributed by atoms with Crippen molar-refractivity contribution in [3.63, 3.8) is 0 Å². The number of halogens is 2. The molecule has 2 amide bonds. The van der Waals surface area contributed by atoms with Gasteiger partial charge in [0.1, 0.15) is 5.82 Å². The summed E-state index contributed by atoms with van der Waals surface area (Å²) in [7, 11) is 0. The predicted octanol–water partition coefficient (Wildman–Crippen LogP) is 3.68. The van der Waals surface area contributed by atoms with Crippen LogP contribution in [-0.2, 0) is 10.2 Å². The first-order valence-corrected chi connectivity index (χ1v) is 9.80. The van der Waals surface area contributed by atoms with Crippen molar-refractivity contribution in [2.24, 2.45) is 5.73 Å². The molecule has 0 saturated heterocycles. The maximum Gasteiger partial charge on any atom is 0.253 e. The number of carbonyl (C=O) groups is 2. The Morgan fingerprint density at radius 2 is 1.97 bits per heavy atom. The van der Waals surface area contributed by atoms with Gasteiger partial charge >= 0.3 is 0 Å². The maximum absolute atomic E-state index is 12.5. The van der Waals surface area contributed by atoms with Crippen LogP contribution in [-0.4, -0.2) is 29.4 Å². The number of nitrogens with zero attached hydrogens (tertiary/aromatic N) is 1. The molecule has 1 aliphatic carbocycles. The lowest BCUT2D eigenvalue weighted by Crippen LogP contribution is -2.45. The highest BCUT2D eigenvalue weighted by molar-refractivity contribution is 6.30. The van der Waals surface area contributed by atoms with Gasteiger partial charge in [-0.25, -0.2) is 4.98 Å². The minimum Gasteiger partial charge on any atom is -0.349 e. The zero-order valence-corrected chi connectivity index (χ0v) is 17.9. The SMILES string of the molecule is CC(=O)Nc1ccc(C(=O)N[C@H]2CC[C@@](CN)(c3cccc(Cl)c3)CC2)cn1.Cl. The maximum atomic E-state index is 12.5. The molecule has 8 heteroatoms. The molecule has 0 atom stereocenters. The molecule has 156 valence electrons. The van der Waals surface area contributed by atoms with Gasteiger partial charge in [0.15, 0.2) is 0 Å².